The summed E-state index contributed by atoms with van der Waals surface area (Å²) in [5.74, 6) is 2.35. The van der Waals surface area contributed by atoms with Crippen LogP contribution in [-0.2, 0) is 0 Å². The molecule has 0 aromatic carbocycles. The molecule has 1 fully saturated rings. The molecule has 0 saturated carbocycles. The van der Waals surface area contributed by atoms with Gasteiger partial charge in [-0.05, 0) is 39.4 Å². The highest BCUT2D eigenvalue weighted by molar-refractivity contribution is 7.99. The fourth-order valence-corrected chi connectivity index (χ4v) is 3.45. The second-order valence-corrected chi connectivity index (χ2v) is 6.48. The second kappa shape index (κ2) is 5.80. The van der Waals surface area contributed by atoms with Crippen molar-refractivity contribution >= 4 is 17.7 Å². The van der Waals surface area contributed by atoms with Gasteiger partial charge >= 0.3 is 0 Å². The first-order chi connectivity index (χ1) is 8.16. The number of hydrogen-bond donors (Lipinski definition) is 1. The summed E-state index contributed by atoms with van der Waals surface area (Å²) in [5, 5.41) is 4.28. The van der Waals surface area contributed by atoms with Gasteiger partial charge in [-0.15, -0.1) is 0 Å². The SMILES string of the molecule is Cc1cn(C(C)C)c(NCC2CCCCS2)n1. The van der Waals surface area contributed by atoms with E-state index >= 15 is 0 Å². The van der Waals surface area contributed by atoms with Gasteiger partial charge in [0.05, 0.1) is 5.69 Å². The summed E-state index contributed by atoms with van der Waals surface area (Å²) in [5.41, 5.74) is 1.09. The van der Waals surface area contributed by atoms with Crippen LogP contribution >= 0.6 is 11.8 Å². The highest BCUT2D eigenvalue weighted by Gasteiger charge is 2.15. The van der Waals surface area contributed by atoms with E-state index in [2.05, 4.69) is 53.6 Å². The van der Waals surface area contributed by atoms with E-state index < -0.39 is 0 Å². The molecule has 96 valence electrons. The van der Waals surface area contributed by atoms with E-state index in [1.54, 1.807) is 0 Å². The molecule has 0 aliphatic carbocycles. The minimum absolute atomic E-state index is 0.470. The number of anilines is 1. The molecule has 3 nitrogen and oxygen atoms in total. The van der Waals surface area contributed by atoms with Crippen molar-refractivity contribution in [1.82, 2.24) is 9.55 Å². The van der Waals surface area contributed by atoms with Crippen LogP contribution in [0, 0.1) is 6.92 Å². The lowest BCUT2D eigenvalue weighted by Crippen LogP contribution is -2.21. The number of nitrogens with zero attached hydrogens (tertiary/aromatic N) is 2. The van der Waals surface area contributed by atoms with Gasteiger partial charge in [0.15, 0.2) is 0 Å². The molecule has 0 radical (unpaired) electrons. The molecule has 1 aromatic heterocycles. The van der Waals surface area contributed by atoms with E-state index in [-0.39, 0.29) is 0 Å². The summed E-state index contributed by atoms with van der Waals surface area (Å²) in [7, 11) is 0. The van der Waals surface area contributed by atoms with E-state index in [1.807, 2.05) is 0 Å². The van der Waals surface area contributed by atoms with Gasteiger partial charge in [0, 0.05) is 24.0 Å². The topological polar surface area (TPSA) is 29.9 Å². The predicted molar refractivity (Wildman–Crippen MR) is 75.9 cm³/mol. The van der Waals surface area contributed by atoms with Crippen LogP contribution in [0.1, 0.15) is 44.8 Å². The molecular weight excluding hydrogens is 230 g/mol. The van der Waals surface area contributed by atoms with Gasteiger partial charge in [0.2, 0.25) is 5.95 Å². The number of aryl methyl sites for hydroxylation is 1. The first-order valence-corrected chi connectivity index (χ1v) is 7.62. The van der Waals surface area contributed by atoms with Gasteiger partial charge in [-0.2, -0.15) is 11.8 Å². The van der Waals surface area contributed by atoms with Crippen molar-refractivity contribution in [3.05, 3.63) is 11.9 Å². The van der Waals surface area contributed by atoms with E-state index in [1.165, 1.54) is 25.0 Å². The molecule has 17 heavy (non-hydrogen) atoms. The molecular formula is C13H23N3S. The number of nitrogens with one attached hydrogen (secondary N) is 1. The Morgan fingerprint density at radius 1 is 1.53 bits per heavy atom. The van der Waals surface area contributed by atoms with Gasteiger partial charge in [0.1, 0.15) is 0 Å². The second-order valence-electron chi connectivity index (χ2n) is 5.08. The normalized spacial score (nSPS) is 20.8. The van der Waals surface area contributed by atoms with Crippen LogP contribution in [0.15, 0.2) is 6.20 Å². The molecule has 0 spiro atoms. The zero-order valence-corrected chi connectivity index (χ0v) is 11.9. The summed E-state index contributed by atoms with van der Waals surface area (Å²) in [6.07, 6.45) is 6.25. The average Bonchev–Trinajstić information content (AvgIpc) is 2.69. The molecule has 0 bridgehead atoms. The zero-order chi connectivity index (χ0) is 12.3. The molecule has 1 atom stereocenters. The van der Waals surface area contributed by atoms with Crippen molar-refractivity contribution in [2.45, 2.75) is 51.3 Å². The van der Waals surface area contributed by atoms with E-state index in [4.69, 9.17) is 0 Å². The van der Waals surface area contributed by atoms with Crippen LogP contribution in [0.5, 0.6) is 0 Å². The predicted octanol–water partition coefficient (Wildman–Crippen LogP) is 3.47. The van der Waals surface area contributed by atoms with Gasteiger partial charge in [-0.25, -0.2) is 4.98 Å². The maximum Gasteiger partial charge on any atom is 0.203 e. The highest BCUT2D eigenvalue weighted by atomic mass is 32.2. The van der Waals surface area contributed by atoms with E-state index in [9.17, 15) is 0 Å². The molecule has 1 N–H and O–H groups in total. The van der Waals surface area contributed by atoms with Crippen molar-refractivity contribution < 1.29 is 0 Å². The minimum atomic E-state index is 0.470. The van der Waals surface area contributed by atoms with Crippen LogP contribution in [0.4, 0.5) is 5.95 Å². The minimum Gasteiger partial charge on any atom is -0.355 e. The van der Waals surface area contributed by atoms with Crippen LogP contribution < -0.4 is 5.32 Å². The number of rotatable bonds is 4. The van der Waals surface area contributed by atoms with Crippen molar-refractivity contribution in [1.29, 1.82) is 0 Å². The third-order valence-electron chi connectivity index (χ3n) is 3.17. The van der Waals surface area contributed by atoms with E-state index in [0.29, 0.717) is 6.04 Å². The van der Waals surface area contributed by atoms with Crippen LogP contribution in [-0.4, -0.2) is 27.1 Å². The maximum atomic E-state index is 4.56. The summed E-state index contributed by atoms with van der Waals surface area (Å²) in [6.45, 7) is 7.50. The smallest absolute Gasteiger partial charge is 0.203 e. The Morgan fingerprint density at radius 3 is 3.00 bits per heavy atom. The molecule has 1 aliphatic rings. The number of aromatic nitrogens is 2. The lowest BCUT2D eigenvalue weighted by atomic mass is 10.2. The van der Waals surface area contributed by atoms with Crippen molar-refractivity contribution in [2.24, 2.45) is 0 Å². The lowest BCUT2D eigenvalue weighted by Gasteiger charge is -2.22. The molecule has 0 amide bonds. The van der Waals surface area contributed by atoms with Crippen molar-refractivity contribution in [2.75, 3.05) is 17.6 Å². The van der Waals surface area contributed by atoms with Crippen LogP contribution in [0.3, 0.4) is 0 Å². The Balaban J connectivity index is 1.93. The molecule has 2 heterocycles. The van der Waals surface area contributed by atoms with Crippen molar-refractivity contribution in [3.63, 3.8) is 0 Å². The first-order valence-electron chi connectivity index (χ1n) is 6.58. The Labute approximate surface area is 108 Å². The molecule has 1 unspecified atom stereocenters. The molecule has 1 aliphatic heterocycles. The zero-order valence-electron chi connectivity index (χ0n) is 11.1. The molecule has 2 rings (SSSR count). The van der Waals surface area contributed by atoms with Crippen LogP contribution in [0.2, 0.25) is 0 Å². The van der Waals surface area contributed by atoms with Gasteiger partial charge in [-0.1, -0.05) is 6.42 Å². The van der Waals surface area contributed by atoms with E-state index in [0.717, 1.165) is 23.4 Å². The van der Waals surface area contributed by atoms with Gasteiger partial charge < -0.3 is 9.88 Å². The standard InChI is InChI=1S/C13H23N3S/c1-10(2)16-9-11(3)15-13(16)14-8-12-6-4-5-7-17-12/h9-10,12H,4-8H2,1-3H3,(H,14,15). The van der Waals surface area contributed by atoms with Crippen molar-refractivity contribution in [3.8, 4) is 0 Å². The third kappa shape index (κ3) is 3.41. The van der Waals surface area contributed by atoms with Gasteiger partial charge in [-0.3, -0.25) is 0 Å². The summed E-state index contributed by atoms with van der Waals surface area (Å²) < 4.78 is 2.23. The van der Waals surface area contributed by atoms with Gasteiger partial charge in [0.25, 0.3) is 0 Å². The number of hydrogen-bond acceptors (Lipinski definition) is 3. The quantitative estimate of drug-likeness (QED) is 0.891. The summed E-state index contributed by atoms with van der Waals surface area (Å²) in [4.78, 5) is 4.56. The number of thioether (sulfide) groups is 1. The third-order valence-corrected chi connectivity index (χ3v) is 4.57. The first kappa shape index (κ1) is 12.8. The average molecular weight is 253 g/mol. The number of imidazole rings is 1. The Bertz CT molecular complexity index is 354. The lowest BCUT2D eigenvalue weighted by molar-refractivity contribution is 0.601. The Morgan fingerprint density at radius 2 is 2.35 bits per heavy atom. The van der Waals surface area contributed by atoms with Crippen LogP contribution in [0.25, 0.3) is 0 Å². The molecule has 1 aromatic rings. The monoisotopic (exact) mass is 253 g/mol. The summed E-state index contributed by atoms with van der Waals surface area (Å²) in [6, 6.07) is 0.470. The fraction of sp³-hybridized carbons (Fsp3) is 0.769. The Kier molecular flexibility index (Phi) is 4.37. The summed E-state index contributed by atoms with van der Waals surface area (Å²) >= 11 is 2.10. The fourth-order valence-electron chi connectivity index (χ4n) is 2.21. The molecule has 4 heteroatoms. The molecule has 1 saturated heterocycles. The largest absolute Gasteiger partial charge is 0.355 e. The maximum absolute atomic E-state index is 4.56. The Hall–Kier alpha value is -0.640. The highest BCUT2D eigenvalue weighted by Crippen LogP contribution is 2.25.